The highest BCUT2D eigenvalue weighted by Gasteiger charge is 2.08. The lowest BCUT2D eigenvalue weighted by Gasteiger charge is -2.09. The van der Waals surface area contributed by atoms with Crippen LogP contribution in [0.5, 0.6) is 5.75 Å². The molecule has 0 saturated carbocycles. The summed E-state index contributed by atoms with van der Waals surface area (Å²) in [4.78, 5) is 21.0. The van der Waals surface area contributed by atoms with Crippen LogP contribution in [0.1, 0.15) is 10.4 Å². The quantitative estimate of drug-likeness (QED) is 0.471. The second-order valence-corrected chi connectivity index (χ2v) is 6.54. The normalized spacial score (nSPS) is 10.3. The highest BCUT2D eigenvalue weighted by atomic mass is 16.5. The number of methoxy groups -OCH3 is 1. The van der Waals surface area contributed by atoms with Gasteiger partial charge in [-0.2, -0.15) is 0 Å². The third-order valence-corrected chi connectivity index (χ3v) is 4.48. The van der Waals surface area contributed by atoms with Gasteiger partial charge < -0.3 is 15.4 Å². The second-order valence-electron chi connectivity index (χ2n) is 6.54. The SMILES string of the molecule is COc1cccc(C(=O)Nc2ccc(Nc3cc(-c4ccccc4)ncn3)cc2)c1. The number of nitrogens with one attached hydrogen (secondary N) is 2. The van der Waals surface area contributed by atoms with Gasteiger partial charge in [-0.3, -0.25) is 4.79 Å². The Hall–Kier alpha value is -4.19. The summed E-state index contributed by atoms with van der Waals surface area (Å²) in [5.74, 6) is 1.14. The number of aromatic nitrogens is 2. The van der Waals surface area contributed by atoms with Crippen molar-refractivity contribution in [3.63, 3.8) is 0 Å². The van der Waals surface area contributed by atoms with E-state index in [9.17, 15) is 4.79 Å². The van der Waals surface area contributed by atoms with Gasteiger partial charge in [-0.15, -0.1) is 0 Å². The van der Waals surface area contributed by atoms with Crippen LogP contribution in [0.4, 0.5) is 17.2 Å². The molecule has 0 fully saturated rings. The fourth-order valence-electron chi connectivity index (χ4n) is 2.94. The van der Waals surface area contributed by atoms with Crippen LogP contribution in [0, 0.1) is 0 Å². The van der Waals surface area contributed by atoms with Gasteiger partial charge in [-0.25, -0.2) is 9.97 Å². The van der Waals surface area contributed by atoms with Crippen molar-refractivity contribution in [3.05, 3.63) is 96.8 Å². The molecule has 0 unspecified atom stereocenters. The van der Waals surface area contributed by atoms with E-state index < -0.39 is 0 Å². The van der Waals surface area contributed by atoms with E-state index in [-0.39, 0.29) is 5.91 Å². The molecule has 0 saturated heterocycles. The van der Waals surface area contributed by atoms with Gasteiger partial charge in [0.25, 0.3) is 5.91 Å². The van der Waals surface area contributed by atoms with Crippen molar-refractivity contribution >= 4 is 23.1 Å². The molecule has 30 heavy (non-hydrogen) atoms. The van der Waals surface area contributed by atoms with Crippen LogP contribution in [0.25, 0.3) is 11.3 Å². The predicted molar refractivity (Wildman–Crippen MR) is 118 cm³/mol. The Balaban J connectivity index is 1.43. The van der Waals surface area contributed by atoms with Gasteiger partial charge in [0.1, 0.15) is 17.9 Å². The maximum Gasteiger partial charge on any atom is 0.255 e. The summed E-state index contributed by atoms with van der Waals surface area (Å²) in [7, 11) is 1.57. The molecule has 0 bridgehead atoms. The number of nitrogens with zero attached hydrogens (tertiary/aromatic N) is 2. The summed E-state index contributed by atoms with van der Waals surface area (Å²) in [6.07, 6.45) is 1.54. The minimum Gasteiger partial charge on any atom is -0.497 e. The molecule has 4 aromatic rings. The first-order chi connectivity index (χ1) is 14.7. The number of hydrogen-bond donors (Lipinski definition) is 2. The molecular formula is C24H20N4O2. The van der Waals surface area contributed by atoms with Gasteiger partial charge in [0.05, 0.1) is 12.8 Å². The lowest BCUT2D eigenvalue weighted by Crippen LogP contribution is -2.11. The molecule has 0 atom stereocenters. The van der Waals surface area contributed by atoms with Crippen molar-refractivity contribution in [2.24, 2.45) is 0 Å². The van der Waals surface area contributed by atoms with Crippen molar-refractivity contribution in [1.82, 2.24) is 9.97 Å². The van der Waals surface area contributed by atoms with E-state index in [0.29, 0.717) is 22.8 Å². The topological polar surface area (TPSA) is 76.1 Å². The molecule has 0 spiro atoms. The minimum absolute atomic E-state index is 0.196. The molecule has 0 aliphatic carbocycles. The highest BCUT2D eigenvalue weighted by molar-refractivity contribution is 6.04. The molecule has 148 valence electrons. The number of carbonyl (C=O) groups excluding carboxylic acids is 1. The third kappa shape index (κ3) is 4.62. The number of anilines is 3. The Kier molecular flexibility index (Phi) is 5.66. The molecule has 0 aliphatic heterocycles. The Bertz CT molecular complexity index is 1150. The first kappa shape index (κ1) is 19.1. The zero-order valence-corrected chi connectivity index (χ0v) is 16.4. The molecule has 2 N–H and O–H groups in total. The number of carbonyl (C=O) groups is 1. The van der Waals surface area contributed by atoms with E-state index in [1.54, 1.807) is 31.4 Å². The van der Waals surface area contributed by atoms with Crippen molar-refractivity contribution in [1.29, 1.82) is 0 Å². The maximum atomic E-state index is 12.4. The third-order valence-electron chi connectivity index (χ3n) is 4.48. The largest absolute Gasteiger partial charge is 0.497 e. The zero-order valence-electron chi connectivity index (χ0n) is 16.4. The zero-order chi connectivity index (χ0) is 20.8. The summed E-state index contributed by atoms with van der Waals surface area (Å²) in [6, 6.07) is 26.3. The summed E-state index contributed by atoms with van der Waals surface area (Å²) in [6.45, 7) is 0. The summed E-state index contributed by atoms with van der Waals surface area (Å²) in [5.41, 5.74) is 3.95. The first-order valence-electron chi connectivity index (χ1n) is 9.41. The van der Waals surface area contributed by atoms with E-state index in [1.165, 1.54) is 6.33 Å². The van der Waals surface area contributed by atoms with Crippen LogP contribution in [0.2, 0.25) is 0 Å². The Morgan fingerprint density at radius 2 is 1.60 bits per heavy atom. The van der Waals surface area contributed by atoms with Crippen LogP contribution in [-0.4, -0.2) is 23.0 Å². The molecule has 0 aliphatic rings. The van der Waals surface area contributed by atoms with E-state index >= 15 is 0 Å². The Morgan fingerprint density at radius 3 is 2.37 bits per heavy atom. The van der Waals surface area contributed by atoms with Crippen LogP contribution in [0.15, 0.2) is 91.3 Å². The maximum absolute atomic E-state index is 12.4. The lowest BCUT2D eigenvalue weighted by atomic mass is 10.1. The number of amides is 1. The molecule has 1 aromatic heterocycles. The van der Waals surface area contributed by atoms with Gasteiger partial charge in [-0.1, -0.05) is 36.4 Å². The lowest BCUT2D eigenvalue weighted by molar-refractivity contribution is 0.102. The molecule has 1 amide bonds. The average molecular weight is 396 g/mol. The van der Waals surface area contributed by atoms with Crippen molar-refractivity contribution in [2.75, 3.05) is 17.7 Å². The number of ether oxygens (including phenoxy) is 1. The average Bonchev–Trinajstić information content (AvgIpc) is 2.81. The standard InChI is InChI=1S/C24H20N4O2/c1-30-21-9-5-8-18(14-21)24(29)28-20-12-10-19(11-13-20)27-23-15-22(25-16-26-23)17-6-3-2-4-7-17/h2-16H,1H3,(H,28,29)(H,25,26,27). The van der Waals surface area contributed by atoms with Gasteiger partial charge in [0.15, 0.2) is 0 Å². The van der Waals surface area contributed by atoms with Crippen LogP contribution in [0.3, 0.4) is 0 Å². The van der Waals surface area contributed by atoms with Gasteiger partial charge in [0.2, 0.25) is 0 Å². The molecule has 4 rings (SSSR count). The van der Waals surface area contributed by atoms with Crippen molar-refractivity contribution in [2.45, 2.75) is 0 Å². The van der Waals surface area contributed by atoms with E-state index in [1.807, 2.05) is 60.7 Å². The smallest absolute Gasteiger partial charge is 0.255 e. The summed E-state index contributed by atoms with van der Waals surface area (Å²) >= 11 is 0. The van der Waals surface area contributed by atoms with Crippen LogP contribution >= 0.6 is 0 Å². The molecule has 3 aromatic carbocycles. The Labute approximate surface area is 174 Å². The molecule has 1 heterocycles. The molecule has 6 nitrogen and oxygen atoms in total. The molecule has 0 radical (unpaired) electrons. The minimum atomic E-state index is -0.196. The summed E-state index contributed by atoms with van der Waals surface area (Å²) in [5, 5.41) is 6.14. The second kappa shape index (κ2) is 8.87. The Morgan fingerprint density at radius 1 is 0.833 bits per heavy atom. The van der Waals surface area contributed by atoms with Gasteiger partial charge in [0, 0.05) is 28.6 Å². The fourth-order valence-corrected chi connectivity index (χ4v) is 2.94. The van der Waals surface area contributed by atoms with Crippen LogP contribution in [-0.2, 0) is 0 Å². The highest BCUT2D eigenvalue weighted by Crippen LogP contribution is 2.22. The van der Waals surface area contributed by atoms with Gasteiger partial charge >= 0.3 is 0 Å². The van der Waals surface area contributed by atoms with E-state index in [2.05, 4.69) is 20.6 Å². The van der Waals surface area contributed by atoms with Crippen molar-refractivity contribution < 1.29 is 9.53 Å². The number of benzene rings is 3. The number of hydrogen-bond acceptors (Lipinski definition) is 5. The monoisotopic (exact) mass is 396 g/mol. The summed E-state index contributed by atoms with van der Waals surface area (Å²) < 4.78 is 5.17. The van der Waals surface area contributed by atoms with Crippen LogP contribution < -0.4 is 15.4 Å². The predicted octanol–water partition coefficient (Wildman–Crippen LogP) is 5.15. The van der Waals surface area contributed by atoms with E-state index in [4.69, 9.17) is 4.74 Å². The molecule has 6 heteroatoms. The first-order valence-corrected chi connectivity index (χ1v) is 9.41. The van der Waals surface area contributed by atoms with Gasteiger partial charge in [-0.05, 0) is 42.5 Å². The molecular weight excluding hydrogens is 376 g/mol. The number of rotatable bonds is 6. The van der Waals surface area contributed by atoms with E-state index in [0.717, 1.165) is 16.9 Å². The van der Waals surface area contributed by atoms with Crippen molar-refractivity contribution in [3.8, 4) is 17.0 Å². The fraction of sp³-hybridized carbons (Fsp3) is 0.0417.